The third-order valence-electron chi connectivity index (χ3n) is 3.37. The first-order chi connectivity index (χ1) is 7.89. The fourth-order valence-corrected chi connectivity index (χ4v) is 3.47. The lowest BCUT2D eigenvalue weighted by Crippen LogP contribution is -2.33. The summed E-state index contributed by atoms with van der Waals surface area (Å²) in [6.07, 6.45) is 3.99. The molecule has 0 aromatic rings. The molecule has 0 amide bonds. The minimum Gasteiger partial charge on any atom is -0.393 e. The maximum atomic E-state index is 11.7. The summed E-state index contributed by atoms with van der Waals surface area (Å²) >= 11 is 0. The highest BCUT2D eigenvalue weighted by atomic mass is 32.2. The highest BCUT2D eigenvalue weighted by Gasteiger charge is 2.21. The van der Waals surface area contributed by atoms with Gasteiger partial charge in [0.15, 0.2) is 0 Å². The molecule has 1 fully saturated rings. The molecule has 2 N–H and O–H groups in total. The Morgan fingerprint density at radius 2 is 1.82 bits per heavy atom. The van der Waals surface area contributed by atoms with Crippen LogP contribution in [0, 0.1) is 11.8 Å². The molecule has 5 heteroatoms. The van der Waals surface area contributed by atoms with Gasteiger partial charge in [0.2, 0.25) is 10.0 Å². The van der Waals surface area contributed by atoms with E-state index in [0.29, 0.717) is 24.8 Å². The number of sulfonamides is 1. The van der Waals surface area contributed by atoms with Crippen molar-refractivity contribution in [1.29, 1.82) is 0 Å². The average Bonchev–Trinajstić information content (AvgIpc) is 2.26. The van der Waals surface area contributed by atoms with Crippen LogP contribution in [-0.4, -0.2) is 31.9 Å². The summed E-state index contributed by atoms with van der Waals surface area (Å²) in [5.74, 6) is 1.03. The van der Waals surface area contributed by atoms with Crippen LogP contribution in [0.4, 0.5) is 0 Å². The topological polar surface area (TPSA) is 66.4 Å². The fourth-order valence-electron chi connectivity index (χ4n) is 2.06. The maximum Gasteiger partial charge on any atom is 0.211 e. The lowest BCUT2D eigenvalue weighted by Gasteiger charge is -2.25. The number of nitrogens with one attached hydrogen (secondary N) is 1. The Bertz CT molecular complexity index is 306. The number of hydrogen-bond donors (Lipinski definition) is 2. The Morgan fingerprint density at radius 1 is 1.24 bits per heavy atom. The van der Waals surface area contributed by atoms with Crippen molar-refractivity contribution < 1.29 is 13.5 Å². The maximum absolute atomic E-state index is 11.7. The molecular formula is C12H25NO3S. The second-order valence-electron chi connectivity index (χ2n) is 5.52. The van der Waals surface area contributed by atoms with E-state index in [2.05, 4.69) is 4.72 Å². The van der Waals surface area contributed by atoms with Crippen LogP contribution in [0.1, 0.15) is 46.0 Å². The summed E-state index contributed by atoms with van der Waals surface area (Å²) in [7, 11) is -3.10. The van der Waals surface area contributed by atoms with Gasteiger partial charge >= 0.3 is 0 Å². The lowest BCUT2D eigenvalue weighted by atomic mass is 9.88. The Balaban J connectivity index is 2.25. The van der Waals surface area contributed by atoms with Crippen molar-refractivity contribution in [2.45, 2.75) is 52.1 Å². The number of aliphatic hydroxyl groups is 1. The molecule has 0 spiro atoms. The molecule has 0 unspecified atom stereocenters. The van der Waals surface area contributed by atoms with E-state index in [1.807, 2.05) is 13.8 Å². The van der Waals surface area contributed by atoms with Crippen molar-refractivity contribution in [3.63, 3.8) is 0 Å². The van der Waals surface area contributed by atoms with Gasteiger partial charge in [-0.05, 0) is 43.9 Å². The van der Waals surface area contributed by atoms with Crippen molar-refractivity contribution in [3.05, 3.63) is 0 Å². The van der Waals surface area contributed by atoms with E-state index in [0.717, 1.165) is 25.7 Å². The highest BCUT2D eigenvalue weighted by Crippen LogP contribution is 2.23. The minimum absolute atomic E-state index is 0.177. The molecule has 0 aliphatic heterocycles. The molecule has 0 radical (unpaired) electrons. The number of aliphatic hydroxyl groups excluding tert-OH is 1. The van der Waals surface area contributed by atoms with Crippen molar-refractivity contribution in [2.75, 3.05) is 12.3 Å². The van der Waals surface area contributed by atoms with E-state index in [1.165, 1.54) is 0 Å². The Kier molecular flexibility index (Phi) is 5.89. The Morgan fingerprint density at radius 3 is 2.35 bits per heavy atom. The molecule has 1 rings (SSSR count). The average molecular weight is 263 g/mol. The van der Waals surface area contributed by atoms with Gasteiger partial charge in [-0.25, -0.2) is 13.1 Å². The molecule has 0 aromatic heterocycles. The van der Waals surface area contributed by atoms with E-state index < -0.39 is 10.0 Å². The van der Waals surface area contributed by atoms with E-state index in [4.69, 9.17) is 0 Å². The molecule has 0 heterocycles. The zero-order chi connectivity index (χ0) is 12.9. The van der Waals surface area contributed by atoms with Crippen LogP contribution in [0.3, 0.4) is 0 Å². The van der Waals surface area contributed by atoms with Crippen LogP contribution in [0.25, 0.3) is 0 Å². The molecule has 4 nitrogen and oxygen atoms in total. The van der Waals surface area contributed by atoms with Crippen LogP contribution < -0.4 is 4.72 Å². The van der Waals surface area contributed by atoms with Gasteiger partial charge in [-0.3, -0.25) is 0 Å². The van der Waals surface area contributed by atoms with Gasteiger partial charge in [-0.1, -0.05) is 13.8 Å². The van der Waals surface area contributed by atoms with Crippen molar-refractivity contribution >= 4 is 10.0 Å². The monoisotopic (exact) mass is 263 g/mol. The van der Waals surface area contributed by atoms with Crippen molar-refractivity contribution in [1.82, 2.24) is 4.72 Å². The molecular weight excluding hydrogens is 238 g/mol. The van der Waals surface area contributed by atoms with Crippen molar-refractivity contribution in [3.8, 4) is 0 Å². The summed E-state index contributed by atoms with van der Waals surface area (Å²) < 4.78 is 26.1. The first-order valence-corrected chi connectivity index (χ1v) is 8.19. The summed E-state index contributed by atoms with van der Waals surface area (Å²) in [5.41, 5.74) is 0. The first-order valence-electron chi connectivity index (χ1n) is 6.54. The number of hydrogen-bond acceptors (Lipinski definition) is 3. The second kappa shape index (κ2) is 6.71. The highest BCUT2D eigenvalue weighted by molar-refractivity contribution is 7.89. The predicted octanol–water partition coefficient (Wildman–Crippen LogP) is 1.50. The molecule has 102 valence electrons. The lowest BCUT2D eigenvalue weighted by molar-refractivity contribution is 0.109. The molecule has 17 heavy (non-hydrogen) atoms. The molecule has 0 bridgehead atoms. The van der Waals surface area contributed by atoms with Gasteiger partial charge in [0.05, 0.1) is 11.9 Å². The second-order valence-corrected chi connectivity index (χ2v) is 7.45. The molecule has 1 aliphatic carbocycles. The van der Waals surface area contributed by atoms with Crippen molar-refractivity contribution in [2.24, 2.45) is 11.8 Å². The summed E-state index contributed by atoms with van der Waals surface area (Å²) in [5, 5.41) is 9.36. The third kappa shape index (κ3) is 6.38. The summed E-state index contributed by atoms with van der Waals surface area (Å²) in [6.45, 7) is 4.59. The Labute approximate surface area is 105 Å². The standard InChI is InChI=1S/C12H25NO3S/c1-10(2)7-8-17(15,16)13-9-11-3-5-12(14)6-4-11/h10-14H,3-9H2,1-2H3. The van der Waals surface area contributed by atoms with Crippen LogP contribution >= 0.6 is 0 Å². The molecule has 0 aromatic carbocycles. The number of rotatable bonds is 6. The molecule has 1 saturated carbocycles. The van der Waals surface area contributed by atoms with E-state index in [9.17, 15) is 13.5 Å². The largest absolute Gasteiger partial charge is 0.393 e. The third-order valence-corrected chi connectivity index (χ3v) is 4.75. The SMILES string of the molecule is CC(C)CCS(=O)(=O)NCC1CCC(O)CC1. The zero-order valence-corrected chi connectivity index (χ0v) is 11.7. The first kappa shape index (κ1) is 14.9. The predicted molar refractivity (Wildman–Crippen MR) is 69.2 cm³/mol. The van der Waals surface area contributed by atoms with Gasteiger partial charge in [0.1, 0.15) is 0 Å². The zero-order valence-electron chi connectivity index (χ0n) is 10.9. The van der Waals surface area contributed by atoms with Crippen LogP contribution in [0.2, 0.25) is 0 Å². The van der Waals surface area contributed by atoms with Gasteiger partial charge < -0.3 is 5.11 Å². The Hall–Kier alpha value is -0.130. The molecule has 1 aliphatic rings. The van der Waals surface area contributed by atoms with Gasteiger partial charge in [0, 0.05) is 6.54 Å². The smallest absolute Gasteiger partial charge is 0.211 e. The quantitative estimate of drug-likeness (QED) is 0.763. The van der Waals surface area contributed by atoms with Gasteiger partial charge in [0.25, 0.3) is 0 Å². The summed E-state index contributed by atoms with van der Waals surface area (Å²) in [4.78, 5) is 0. The van der Waals surface area contributed by atoms with Crippen LogP contribution in [0.15, 0.2) is 0 Å². The van der Waals surface area contributed by atoms with E-state index in [-0.39, 0.29) is 11.9 Å². The summed E-state index contributed by atoms with van der Waals surface area (Å²) in [6, 6.07) is 0. The van der Waals surface area contributed by atoms with E-state index in [1.54, 1.807) is 0 Å². The fraction of sp³-hybridized carbons (Fsp3) is 1.00. The van der Waals surface area contributed by atoms with Crippen LogP contribution in [-0.2, 0) is 10.0 Å². The molecule has 0 atom stereocenters. The minimum atomic E-state index is -3.10. The van der Waals surface area contributed by atoms with Gasteiger partial charge in [-0.2, -0.15) is 0 Å². The van der Waals surface area contributed by atoms with Crippen LogP contribution in [0.5, 0.6) is 0 Å². The molecule has 0 saturated heterocycles. The van der Waals surface area contributed by atoms with E-state index >= 15 is 0 Å². The normalized spacial score (nSPS) is 26.4. The van der Waals surface area contributed by atoms with Gasteiger partial charge in [-0.15, -0.1) is 0 Å².